The molecule has 0 atom stereocenters. The molecule has 0 saturated heterocycles. The molecule has 36 heavy (non-hydrogen) atoms. The number of aromatic nitrogens is 1. The van der Waals surface area contributed by atoms with Crippen LogP contribution in [0.3, 0.4) is 0 Å². The van der Waals surface area contributed by atoms with E-state index < -0.39 is 32.5 Å². The number of nitrogens with one attached hydrogen (secondary N) is 2. The highest BCUT2D eigenvalue weighted by atomic mass is 127. The monoisotopic (exact) mass is 644 g/mol. The summed E-state index contributed by atoms with van der Waals surface area (Å²) in [4.78, 5) is 24.0. The van der Waals surface area contributed by atoms with Crippen LogP contribution < -0.4 is 15.6 Å². The molecule has 1 aromatic heterocycles. The van der Waals surface area contributed by atoms with Crippen LogP contribution in [0.4, 0.5) is 11.4 Å². The number of benzene rings is 2. The van der Waals surface area contributed by atoms with Crippen LogP contribution >= 0.6 is 22.6 Å². The first-order valence-corrected chi connectivity index (χ1v) is 14.5. The van der Waals surface area contributed by atoms with Gasteiger partial charge < -0.3 is 9.88 Å². The van der Waals surface area contributed by atoms with Crippen LogP contribution in [0, 0.1) is 17.4 Å². The summed E-state index contributed by atoms with van der Waals surface area (Å²) in [5.41, 5.74) is 1.24. The van der Waals surface area contributed by atoms with E-state index in [9.17, 15) is 26.4 Å². The molecule has 1 amide bonds. The van der Waals surface area contributed by atoms with Gasteiger partial charge in [-0.05, 0) is 72.3 Å². The van der Waals surface area contributed by atoms with Crippen LogP contribution in [0.25, 0.3) is 0 Å². The SMILES string of the molecule is Cc1ccc(S(=O)(=O)Nc2c(I)cc(C)cc2S(=O)(=O)N(C)CC(=O)Nc2ccn(C)c(=O)c2)cc1. The lowest BCUT2D eigenvalue weighted by Crippen LogP contribution is -2.35. The number of nitrogens with zero attached hydrogens (tertiary/aromatic N) is 2. The Kier molecular flexibility index (Phi) is 8.27. The summed E-state index contributed by atoms with van der Waals surface area (Å²) in [6.45, 7) is 2.94. The van der Waals surface area contributed by atoms with Gasteiger partial charge in [-0.15, -0.1) is 0 Å². The first-order valence-electron chi connectivity index (χ1n) is 10.5. The van der Waals surface area contributed by atoms with Crippen LogP contribution in [0.2, 0.25) is 0 Å². The van der Waals surface area contributed by atoms with Crippen LogP contribution in [0.5, 0.6) is 0 Å². The zero-order valence-corrected chi connectivity index (χ0v) is 23.7. The Balaban J connectivity index is 1.92. The number of hydrogen-bond acceptors (Lipinski definition) is 6. The van der Waals surface area contributed by atoms with Crippen molar-refractivity contribution in [1.29, 1.82) is 0 Å². The largest absolute Gasteiger partial charge is 0.325 e. The number of carbonyl (C=O) groups is 1. The van der Waals surface area contributed by atoms with Crippen LogP contribution in [0.15, 0.2) is 69.3 Å². The number of sulfonamides is 2. The van der Waals surface area contributed by atoms with Crippen molar-refractivity contribution in [2.75, 3.05) is 23.6 Å². The summed E-state index contributed by atoms with van der Waals surface area (Å²) in [5, 5.41) is 2.49. The molecule has 0 aliphatic heterocycles. The minimum Gasteiger partial charge on any atom is -0.325 e. The second-order valence-electron chi connectivity index (χ2n) is 8.21. The maximum Gasteiger partial charge on any atom is 0.261 e. The molecule has 0 aliphatic rings. The number of amides is 1. The van der Waals surface area contributed by atoms with Crippen LogP contribution in [-0.2, 0) is 31.9 Å². The molecule has 13 heteroatoms. The number of likely N-dealkylation sites (N-methyl/N-ethyl adjacent to an activating group) is 1. The molecule has 0 radical (unpaired) electrons. The second kappa shape index (κ2) is 10.7. The van der Waals surface area contributed by atoms with Crippen molar-refractivity contribution in [1.82, 2.24) is 8.87 Å². The second-order valence-corrected chi connectivity index (χ2v) is 13.1. The number of anilines is 2. The summed E-state index contributed by atoms with van der Waals surface area (Å²) < 4.78 is 57.9. The van der Waals surface area contributed by atoms with E-state index in [1.165, 1.54) is 48.1 Å². The highest BCUT2D eigenvalue weighted by Gasteiger charge is 2.29. The molecule has 2 aromatic carbocycles. The van der Waals surface area contributed by atoms with Crippen molar-refractivity contribution in [2.24, 2.45) is 7.05 Å². The molecule has 2 N–H and O–H groups in total. The predicted octanol–water partition coefficient (Wildman–Crippen LogP) is 2.67. The molecule has 3 aromatic rings. The van der Waals surface area contributed by atoms with E-state index in [2.05, 4.69) is 10.0 Å². The predicted molar refractivity (Wildman–Crippen MR) is 146 cm³/mol. The molecule has 0 fully saturated rings. The topological polar surface area (TPSA) is 135 Å². The Labute approximate surface area is 223 Å². The Morgan fingerprint density at radius 1 is 1.00 bits per heavy atom. The molecular formula is C23H25IN4O6S2. The lowest BCUT2D eigenvalue weighted by atomic mass is 10.2. The quantitative estimate of drug-likeness (QED) is 0.363. The number of hydrogen-bond donors (Lipinski definition) is 2. The maximum absolute atomic E-state index is 13.5. The standard InChI is InChI=1S/C23H25IN4O6S2/c1-15-5-7-18(8-6-15)35(31,32)26-23-19(24)11-16(2)12-20(23)36(33,34)28(4)14-21(29)25-17-9-10-27(3)22(30)13-17/h5-13,26H,14H2,1-4H3,(H,25,29). The highest BCUT2D eigenvalue weighted by Crippen LogP contribution is 2.32. The van der Waals surface area contributed by atoms with E-state index >= 15 is 0 Å². The Hall–Kier alpha value is -2.75. The Bertz CT molecular complexity index is 1580. The van der Waals surface area contributed by atoms with E-state index in [1.807, 2.05) is 29.5 Å². The van der Waals surface area contributed by atoms with Gasteiger partial charge in [0.05, 0.1) is 17.1 Å². The summed E-state index contributed by atoms with van der Waals surface area (Å²) in [7, 11) is -5.62. The molecule has 0 saturated carbocycles. The fourth-order valence-corrected chi connectivity index (χ4v) is 7.03. The molecule has 0 unspecified atom stereocenters. The molecule has 0 spiro atoms. The lowest BCUT2D eigenvalue weighted by Gasteiger charge is -2.21. The van der Waals surface area contributed by atoms with Gasteiger partial charge in [0.1, 0.15) is 4.90 Å². The Morgan fingerprint density at radius 3 is 2.25 bits per heavy atom. The number of pyridine rings is 1. The minimum absolute atomic E-state index is 0.0189. The van der Waals surface area contributed by atoms with Gasteiger partial charge in [-0.2, -0.15) is 4.31 Å². The van der Waals surface area contributed by atoms with Crippen molar-refractivity contribution in [3.63, 3.8) is 0 Å². The van der Waals surface area contributed by atoms with Gasteiger partial charge in [0.25, 0.3) is 15.6 Å². The third-order valence-corrected chi connectivity index (χ3v) is 9.25. The maximum atomic E-state index is 13.5. The number of carbonyl (C=O) groups excluding carboxylic acids is 1. The average molecular weight is 645 g/mol. The van der Waals surface area contributed by atoms with E-state index in [0.29, 0.717) is 9.13 Å². The highest BCUT2D eigenvalue weighted by molar-refractivity contribution is 14.1. The molecule has 0 bridgehead atoms. The number of aryl methyl sites for hydroxylation is 3. The van der Waals surface area contributed by atoms with Gasteiger partial charge in [-0.3, -0.25) is 14.3 Å². The summed E-state index contributed by atoms with van der Waals surface area (Å²) >= 11 is 1.87. The van der Waals surface area contributed by atoms with Gasteiger partial charge in [-0.25, -0.2) is 16.8 Å². The first-order chi connectivity index (χ1) is 16.7. The van der Waals surface area contributed by atoms with Crippen molar-refractivity contribution in [3.8, 4) is 0 Å². The molecule has 0 aliphatic carbocycles. The molecule has 10 nitrogen and oxygen atoms in total. The van der Waals surface area contributed by atoms with Gasteiger partial charge in [0, 0.05) is 35.6 Å². The van der Waals surface area contributed by atoms with Crippen molar-refractivity contribution in [3.05, 3.63) is 79.8 Å². The normalized spacial score (nSPS) is 11.9. The van der Waals surface area contributed by atoms with Crippen molar-refractivity contribution < 1.29 is 21.6 Å². The van der Waals surface area contributed by atoms with Crippen LogP contribution in [-0.4, -0.2) is 45.2 Å². The third-order valence-electron chi connectivity index (χ3n) is 5.21. The van der Waals surface area contributed by atoms with E-state index in [-0.39, 0.29) is 26.7 Å². The van der Waals surface area contributed by atoms with E-state index in [0.717, 1.165) is 9.87 Å². The van der Waals surface area contributed by atoms with Crippen molar-refractivity contribution in [2.45, 2.75) is 23.6 Å². The fourth-order valence-electron chi connectivity index (χ4n) is 3.21. The third kappa shape index (κ3) is 6.32. The van der Waals surface area contributed by atoms with Gasteiger partial charge >= 0.3 is 0 Å². The first kappa shape index (κ1) is 27.8. The average Bonchev–Trinajstić information content (AvgIpc) is 2.78. The van der Waals surface area contributed by atoms with Gasteiger partial charge in [0.2, 0.25) is 15.9 Å². The molecule has 1 heterocycles. The lowest BCUT2D eigenvalue weighted by molar-refractivity contribution is -0.116. The summed E-state index contributed by atoms with van der Waals surface area (Å²) in [6, 6.07) is 11.9. The zero-order chi connectivity index (χ0) is 26.8. The summed E-state index contributed by atoms with van der Waals surface area (Å²) in [5.74, 6) is -0.668. The van der Waals surface area contributed by atoms with Gasteiger partial charge in [0.15, 0.2) is 0 Å². The number of halogens is 1. The Morgan fingerprint density at radius 2 is 1.64 bits per heavy atom. The van der Waals surface area contributed by atoms with E-state index in [4.69, 9.17) is 0 Å². The fraction of sp³-hybridized carbons (Fsp3) is 0.217. The molecular weight excluding hydrogens is 619 g/mol. The smallest absolute Gasteiger partial charge is 0.261 e. The number of rotatable bonds is 8. The summed E-state index contributed by atoms with van der Waals surface area (Å²) in [6.07, 6.45) is 1.47. The van der Waals surface area contributed by atoms with Gasteiger partial charge in [-0.1, -0.05) is 17.7 Å². The minimum atomic E-state index is -4.30. The van der Waals surface area contributed by atoms with Crippen molar-refractivity contribution >= 4 is 59.9 Å². The molecule has 192 valence electrons. The van der Waals surface area contributed by atoms with Crippen LogP contribution in [0.1, 0.15) is 11.1 Å². The molecule has 3 rings (SSSR count). The zero-order valence-electron chi connectivity index (χ0n) is 19.9. The van der Waals surface area contributed by atoms with E-state index in [1.54, 1.807) is 32.2 Å².